The third-order valence-electron chi connectivity index (χ3n) is 7.76. The Balaban J connectivity index is 3.26. The van der Waals surface area contributed by atoms with E-state index in [4.69, 9.17) is 0 Å². The Bertz CT molecular complexity index is 419. The van der Waals surface area contributed by atoms with Crippen LogP contribution in [0.15, 0.2) is 12.2 Å². The SMILES string of the molecule is CCCCCCCCCCCCCCCCC(O)CCCCCCCC=CC[C@H](O)CCCCCC. The van der Waals surface area contributed by atoms with E-state index in [0.717, 1.165) is 38.5 Å². The summed E-state index contributed by atoms with van der Waals surface area (Å²) in [6.45, 7) is 4.52. The summed E-state index contributed by atoms with van der Waals surface area (Å²) in [5, 5.41) is 20.2. The molecule has 2 nitrogen and oxygen atoms in total. The Labute approximate surface area is 228 Å². The summed E-state index contributed by atoms with van der Waals surface area (Å²) in [5.41, 5.74) is 0. The van der Waals surface area contributed by atoms with E-state index >= 15 is 0 Å². The zero-order valence-corrected chi connectivity index (χ0v) is 25.0. The fraction of sp³-hybridized carbons (Fsp3) is 0.941. The Morgan fingerprint density at radius 1 is 0.389 bits per heavy atom. The van der Waals surface area contributed by atoms with E-state index in [0.29, 0.717) is 0 Å². The molecule has 0 aromatic rings. The van der Waals surface area contributed by atoms with Crippen LogP contribution in [-0.2, 0) is 0 Å². The second kappa shape index (κ2) is 30.9. The van der Waals surface area contributed by atoms with Gasteiger partial charge in [-0.3, -0.25) is 0 Å². The van der Waals surface area contributed by atoms with Crippen LogP contribution in [0.4, 0.5) is 0 Å². The Morgan fingerprint density at radius 3 is 1.17 bits per heavy atom. The number of rotatable bonds is 30. The van der Waals surface area contributed by atoms with Crippen molar-refractivity contribution in [2.24, 2.45) is 0 Å². The molecule has 0 aliphatic carbocycles. The number of unbranched alkanes of at least 4 members (excludes halogenated alkanes) is 21. The van der Waals surface area contributed by atoms with Crippen LogP contribution in [0, 0.1) is 0 Å². The summed E-state index contributed by atoms with van der Waals surface area (Å²) in [6.07, 6.45) is 39.9. The average Bonchev–Trinajstić information content (AvgIpc) is 2.88. The highest BCUT2D eigenvalue weighted by atomic mass is 16.3. The van der Waals surface area contributed by atoms with Crippen molar-refractivity contribution in [3.05, 3.63) is 12.2 Å². The van der Waals surface area contributed by atoms with E-state index in [9.17, 15) is 10.2 Å². The van der Waals surface area contributed by atoms with Gasteiger partial charge in [-0.15, -0.1) is 0 Å². The monoisotopic (exact) mass is 509 g/mol. The van der Waals surface area contributed by atoms with E-state index in [1.165, 1.54) is 141 Å². The second-order valence-corrected chi connectivity index (χ2v) is 11.6. The van der Waals surface area contributed by atoms with Gasteiger partial charge >= 0.3 is 0 Å². The normalized spacial score (nSPS) is 13.6. The van der Waals surface area contributed by atoms with Crippen LogP contribution < -0.4 is 0 Å². The molecule has 0 saturated heterocycles. The number of hydrogen-bond acceptors (Lipinski definition) is 2. The predicted octanol–water partition coefficient (Wildman–Crippen LogP) is 11.2. The van der Waals surface area contributed by atoms with E-state index in [2.05, 4.69) is 26.0 Å². The first-order valence-electron chi connectivity index (χ1n) is 16.7. The fourth-order valence-corrected chi connectivity index (χ4v) is 5.19. The highest BCUT2D eigenvalue weighted by molar-refractivity contribution is 4.84. The van der Waals surface area contributed by atoms with Crippen molar-refractivity contribution >= 4 is 0 Å². The van der Waals surface area contributed by atoms with Gasteiger partial charge in [0, 0.05) is 0 Å². The van der Waals surface area contributed by atoms with Crippen molar-refractivity contribution in [2.45, 2.75) is 206 Å². The van der Waals surface area contributed by atoms with Gasteiger partial charge in [0.2, 0.25) is 0 Å². The van der Waals surface area contributed by atoms with Gasteiger partial charge in [0.05, 0.1) is 12.2 Å². The van der Waals surface area contributed by atoms with Crippen LogP contribution in [0.2, 0.25) is 0 Å². The molecule has 0 heterocycles. The predicted molar refractivity (Wildman–Crippen MR) is 162 cm³/mol. The summed E-state index contributed by atoms with van der Waals surface area (Å²) in [4.78, 5) is 0. The largest absolute Gasteiger partial charge is 0.393 e. The maximum absolute atomic E-state index is 10.2. The summed E-state index contributed by atoms with van der Waals surface area (Å²) in [5.74, 6) is 0. The van der Waals surface area contributed by atoms with E-state index in [1.807, 2.05) is 0 Å². The van der Waals surface area contributed by atoms with Gasteiger partial charge in [-0.25, -0.2) is 0 Å². The summed E-state index contributed by atoms with van der Waals surface area (Å²) in [7, 11) is 0. The van der Waals surface area contributed by atoms with Crippen molar-refractivity contribution in [3.8, 4) is 0 Å². The quantitative estimate of drug-likeness (QED) is 0.0748. The lowest BCUT2D eigenvalue weighted by Crippen LogP contribution is -2.05. The van der Waals surface area contributed by atoms with Crippen molar-refractivity contribution in [2.75, 3.05) is 0 Å². The van der Waals surface area contributed by atoms with Crippen molar-refractivity contribution in [1.82, 2.24) is 0 Å². The first-order chi connectivity index (χ1) is 17.7. The number of hydrogen-bond donors (Lipinski definition) is 2. The molecule has 2 atom stereocenters. The molecule has 0 aliphatic heterocycles. The number of aliphatic hydroxyl groups is 2. The van der Waals surface area contributed by atoms with Crippen molar-refractivity contribution in [1.29, 1.82) is 0 Å². The minimum absolute atomic E-state index is 0.0707. The van der Waals surface area contributed by atoms with Gasteiger partial charge in [-0.1, -0.05) is 167 Å². The van der Waals surface area contributed by atoms with Crippen molar-refractivity contribution < 1.29 is 10.2 Å². The first kappa shape index (κ1) is 35.7. The third-order valence-corrected chi connectivity index (χ3v) is 7.76. The number of aliphatic hydroxyl groups excluding tert-OH is 2. The molecule has 0 fully saturated rings. The molecule has 0 saturated carbocycles. The molecule has 2 heteroatoms. The van der Waals surface area contributed by atoms with Gasteiger partial charge in [0.15, 0.2) is 0 Å². The molecule has 0 aliphatic rings. The highest BCUT2D eigenvalue weighted by Gasteiger charge is 2.04. The summed E-state index contributed by atoms with van der Waals surface area (Å²) < 4.78 is 0. The van der Waals surface area contributed by atoms with Crippen LogP contribution >= 0.6 is 0 Å². The minimum Gasteiger partial charge on any atom is -0.393 e. The van der Waals surface area contributed by atoms with Crippen molar-refractivity contribution in [3.63, 3.8) is 0 Å². The summed E-state index contributed by atoms with van der Waals surface area (Å²) >= 11 is 0. The molecule has 0 radical (unpaired) electrons. The first-order valence-corrected chi connectivity index (χ1v) is 16.7. The second-order valence-electron chi connectivity index (χ2n) is 11.6. The molecule has 0 aromatic carbocycles. The van der Waals surface area contributed by atoms with Crippen LogP contribution in [0.3, 0.4) is 0 Å². The molecular formula is C34H68O2. The molecular weight excluding hydrogens is 440 g/mol. The molecule has 0 rings (SSSR count). The average molecular weight is 509 g/mol. The van der Waals surface area contributed by atoms with E-state index in [-0.39, 0.29) is 12.2 Å². The third kappa shape index (κ3) is 29.9. The highest BCUT2D eigenvalue weighted by Crippen LogP contribution is 2.16. The van der Waals surface area contributed by atoms with Crippen LogP contribution in [0.1, 0.15) is 194 Å². The van der Waals surface area contributed by atoms with Gasteiger partial charge in [-0.05, 0) is 38.5 Å². The molecule has 0 amide bonds. The molecule has 216 valence electrons. The van der Waals surface area contributed by atoms with Gasteiger partial charge in [0.25, 0.3) is 0 Å². The molecule has 0 spiro atoms. The van der Waals surface area contributed by atoms with Gasteiger partial charge in [-0.2, -0.15) is 0 Å². The smallest absolute Gasteiger partial charge is 0.0574 e. The van der Waals surface area contributed by atoms with Crippen LogP contribution in [-0.4, -0.2) is 22.4 Å². The molecule has 2 N–H and O–H groups in total. The standard InChI is InChI=1S/C34H68O2/c1-3-5-7-9-10-11-12-13-14-15-16-19-22-27-31-34(36)32-28-24-21-18-17-20-23-26-30-33(35)29-25-8-6-4-2/h23,26,33-36H,3-22,24-25,27-32H2,1-2H3/t33-,34?/m1/s1. The maximum atomic E-state index is 10.2. The Kier molecular flexibility index (Phi) is 30.6. The number of allylic oxidation sites excluding steroid dienone is 1. The van der Waals surface area contributed by atoms with E-state index < -0.39 is 0 Å². The zero-order valence-electron chi connectivity index (χ0n) is 25.0. The fourth-order valence-electron chi connectivity index (χ4n) is 5.19. The van der Waals surface area contributed by atoms with Crippen LogP contribution in [0.25, 0.3) is 0 Å². The van der Waals surface area contributed by atoms with E-state index in [1.54, 1.807) is 0 Å². The Morgan fingerprint density at radius 2 is 0.722 bits per heavy atom. The molecule has 1 unspecified atom stereocenters. The molecule has 36 heavy (non-hydrogen) atoms. The Hall–Kier alpha value is -0.340. The maximum Gasteiger partial charge on any atom is 0.0574 e. The minimum atomic E-state index is -0.144. The topological polar surface area (TPSA) is 40.5 Å². The molecule has 0 bridgehead atoms. The summed E-state index contributed by atoms with van der Waals surface area (Å²) in [6, 6.07) is 0. The van der Waals surface area contributed by atoms with Crippen LogP contribution in [0.5, 0.6) is 0 Å². The lowest BCUT2D eigenvalue weighted by atomic mass is 10.0. The lowest BCUT2D eigenvalue weighted by molar-refractivity contribution is 0.147. The zero-order chi connectivity index (χ0) is 26.4. The lowest BCUT2D eigenvalue weighted by Gasteiger charge is -2.10. The van der Waals surface area contributed by atoms with Gasteiger partial charge < -0.3 is 10.2 Å². The van der Waals surface area contributed by atoms with Gasteiger partial charge in [0.1, 0.15) is 0 Å². The molecule has 0 aromatic heterocycles.